The van der Waals surface area contributed by atoms with E-state index in [-0.39, 0.29) is 5.41 Å². The van der Waals surface area contributed by atoms with Crippen LogP contribution in [0.3, 0.4) is 0 Å². The quantitative estimate of drug-likeness (QED) is 0.716. The fourth-order valence-corrected chi connectivity index (χ4v) is 3.17. The van der Waals surface area contributed by atoms with Gasteiger partial charge in [-0.15, -0.1) is 11.6 Å². The average molecular weight is 253 g/mol. The Kier molecular flexibility index (Phi) is 3.98. The maximum absolute atomic E-state index is 6.26. The number of hydrogen-bond donors (Lipinski definition) is 0. The van der Waals surface area contributed by atoms with Crippen LogP contribution in [0.4, 0.5) is 0 Å². The summed E-state index contributed by atoms with van der Waals surface area (Å²) in [6.45, 7) is 5.23. The number of benzene rings is 1. The second-order valence-corrected chi connectivity index (χ2v) is 5.86. The van der Waals surface area contributed by atoms with Crippen LogP contribution in [0.5, 0.6) is 5.75 Å². The molecule has 1 nitrogen and oxygen atoms in total. The van der Waals surface area contributed by atoms with E-state index in [0.29, 0.717) is 5.38 Å². The zero-order valence-corrected chi connectivity index (χ0v) is 11.5. The Morgan fingerprint density at radius 3 is 2.82 bits per heavy atom. The molecule has 1 aromatic rings. The maximum atomic E-state index is 6.26. The Labute approximate surface area is 109 Å². The SMILES string of the molecule is CCCOc1ccccc1C1(C)CCC(Cl)C1. The maximum Gasteiger partial charge on any atom is 0.123 e. The van der Waals surface area contributed by atoms with Crippen LogP contribution in [-0.4, -0.2) is 12.0 Å². The molecule has 0 N–H and O–H groups in total. The second kappa shape index (κ2) is 5.30. The smallest absolute Gasteiger partial charge is 0.123 e. The molecule has 0 amide bonds. The highest BCUT2D eigenvalue weighted by atomic mass is 35.5. The van der Waals surface area contributed by atoms with Crippen LogP contribution in [-0.2, 0) is 5.41 Å². The minimum absolute atomic E-state index is 0.191. The lowest BCUT2D eigenvalue weighted by molar-refractivity contribution is 0.305. The molecule has 1 saturated carbocycles. The van der Waals surface area contributed by atoms with E-state index in [1.165, 1.54) is 5.56 Å². The summed E-state index contributed by atoms with van der Waals surface area (Å²) in [5.41, 5.74) is 1.52. The van der Waals surface area contributed by atoms with Crippen LogP contribution in [0.25, 0.3) is 0 Å². The summed E-state index contributed by atoms with van der Waals surface area (Å²) in [6, 6.07) is 8.42. The summed E-state index contributed by atoms with van der Waals surface area (Å²) in [5, 5.41) is 0.319. The first kappa shape index (κ1) is 12.8. The summed E-state index contributed by atoms with van der Waals surface area (Å²) in [4.78, 5) is 0. The van der Waals surface area contributed by atoms with E-state index in [1.807, 2.05) is 6.07 Å². The van der Waals surface area contributed by atoms with E-state index in [9.17, 15) is 0 Å². The van der Waals surface area contributed by atoms with Crippen molar-refractivity contribution in [3.8, 4) is 5.75 Å². The van der Waals surface area contributed by atoms with Crippen LogP contribution in [0, 0.1) is 0 Å². The van der Waals surface area contributed by atoms with Crippen LogP contribution >= 0.6 is 11.6 Å². The summed E-state index contributed by atoms with van der Waals surface area (Å²) < 4.78 is 5.86. The van der Waals surface area contributed by atoms with Crippen LogP contribution < -0.4 is 4.74 Å². The van der Waals surface area contributed by atoms with Gasteiger partial charge >= 0.3 is 0 Å². The molecule has 0 aromatic heterocycles. The zero-order valence-electron chi connectivity index (χ0n) is 10.7. The fourth-order valence-electron chi connectivity index (χ4n) is 2.72. The van der Waals surface area contributed by atoms with Crippen molar-refractivity contribution in [2.24, 2.45) is 0 Å². The van der Waals surface area contributed by atoms with Gasteiger partial charge in [0.1, 0.15) is 5.75 Å². The van der Waals surface area contributed by atoms with Crippen molar-refractivity contribution in [2.75, 3.05) is 6.61 Å². The highest BCUT2D eigenvalue weighted by Gasteiger charge is 2.37. The molecule has 2 rings (SSSR count). The minimum Gasteiger partial charge on any atom is -0.493 e. The standard InChI is InChI=1S/C15H21ClO/c1-3-10-17-14-7-5-4-6-13(14)15(2)9-8-12(16)11-15/h4-7,12H,3,8-11H2,1-2H3. The molecule has 0 spiro atoms. The van der Waals surface area contributed by atoms with Crippen LogP contribution in [0.15, 0.2) is 24.3 Å². The average Bonchev–Trinajstić information content (AvgIpc) is 2.68. The molecule has 1 aromatic carbocycles. The Hall–Kier alpha value is -0.690. The summed E-state index contributed by atoms with van der Waals surface area (Å²) in [6.07, 6.45) is 4.37. The number of hydrogen-bond acceptors (Lipinski definition) is 1. The summed E-state index contributed by atoms with van der Waals surface area (Å²) in [5.74, 6) is 1.04. The van der Waals surface area contributed by atoms with Crippen molar-refractivity contribution in [1.29, 1.82) is 0 Å². The Bertz CT molecular complexity index is 377. The van der Waals surface area contributed by atoms with Gasteiger partial charge in [0.05, 0.1) is 6.61 Å². The molecule has 1 aliphatic rings. The molecule has 17 heavy (non-hydrogen) atoms. The highest BCUT2D eigenvalue weighted by molar-refractivity contribution is 6.20. The van der Waals surface area contributed by atoms with Crippen molar-refractivity contribution >= 4 is 11.6 Å². The molecule has 1 aliphatic carbocycles. The molecule has 1 fully saturated rings. The molecule has 0 aliphatic heterocycles. The number of rotatable bonds is 4. The lowest BCUT2D eigenvalue weighted by Gasteiger charge is -2.26. The number of ether oxygens (including phenoxy) is 1. The first-order valence-corrected chi connectivity index (χ1v) is 6.96. The first-order chi connectivity index (χ1) is 8.15. The monoisotopic (exact) mass is 252 g/mol. The normalized spacial score (nSPS) is 28.3. The molecular formula is C15H21ClO. The van der Waals surface area contributed by atoms with Gasteiger partial charge in [-0.2, -0.15) is 0 Å². The van der Waals surface area contributed by atoms with Crippen LogP contribution in [0.1, 0.15) is 45.1 Å². The fraction of sp³-hybridized carbons (Fsp3) is 0.600. The van der Waals surface area contributed by atoms with Gasteiger partial charge in [0, 0.05) is 10.9 Å². The molecule has 2 atom stereocenters. The van der Waals surface area contributed by atoms with Gasteiger partial charge < -0.3 is 4.74 Å². The molecule has 94 valence electrons. The molecule has 0 heterocycles. The minimum atomic E-state index is 0.191. The predicted octanol–water partition coefficient (Wildman–Crippen LogP) is 4.52. The van der Waals surface area contributed by atoms with Gasteiger partial charge in [0.25, 0.3) is 0 Å². The number of alkyl halides is 1. The lowest BCUT2D eigenvalue weighted by Crippen LogP contribution is -2.19. The molecule has 2 heteroatoms. The first-order valence-electron chi connectivity index (χ1n) is 6.52. The molecule has 0 bridgehead atoms. The third kappa shape index (κ3) is 2.77. The van der Waals surface area contributed by atoms with E-state index in [0.717, 1.165) is 38.0 Å². The van der Waals surface area contributed by atoms with Crippen molar-refractivity contribution < 1.29 is 4.74 Å². The van der Waals surface area contributed by atoms with Crippen molar-refractivity contribution in [3.63, 3.8) is 0 Å². The molecular weight excluding hydrogens is 232 g/mol. The van der Waals surface area contributed by atoms with Gasteiger partial charge in [0.2, 0.25) is 0 Å². The Morgan fingerprint density at radius 1 is 1.41 bits per heavy atom. The third-order valence-electron chi connectivity index (χ3n) is 3.68. The summed E-state index contributed by atoms with van der Waals surface area (Å²) in [7, 11) is 0. The van der Waals surface area contributed by atoms with Gasteiger partial charge in [-0.3, -0.25) is 0 Å². The molecule has 0 radical (unpaired) electrons. The highest BCUT2D eigenvalue weighted by Crippen LogP contribution is 2.45. The Morgan fingerprint density at radius 2 is 2.18 bits per heavy atom. The lowest BCUT2D eigenvalue weighted by atomic mass is 9.80. The van der Waals surface area contributed by atoms with E-state index >= 15 is 0 Å². The second-order valence-electron chi connectivity index (χ2n) is 5.25. The van der Waals surface area contributed by atoms with Crippen molar-refractivity contribution in [3.05, 3.63) is 29.8 Å². The largest absolute Gasteiger partial charge is 0.493 e. The van der Waals surface area contributed by atoms with Gasteiger partial charge in [0.15, 0.2) is 0 Å². The van der Waals surface area contributed by atoms with E-state index < -0.39 is 0 Å². The topological polar surface area (TPSA) is 9.23 Å². The Balaban J connectivity index is 2.25. The van der Waals surface area contributed by atoms with Crippen molar-refractivity contribution in [2.45, 2.75) is 50.3 Å². The van der Waals surface area contributed by atoms with E-state index in [4.69, 9.17) is 16.3 Å². The van der Waals surface area contributed by atoms with Gasteiger partial charge in [-0.1, -0.05) is 32.0 Å². The summed E-state index contributed by atoms with van der Waals surface area (Å²) >= 11 is 6.26. The zero-order chi connectivity index (χ0) is 12.3. The van der Waals surface area contributed by atoms with Gasteiger partial charge in [-0.05, 0) is 37.2 Å². The number of para-hydroxylation sites is 1. The molecule has 2 unspecified atom stereocenters. The van der Waals surface area contributed by atoms with E-state index in [2.05, 4.69) is 32.0 Å². The van der Waals surface area contributed by atoms with Crippen LogP contribution in [0.2, 0.25) is 0 Å². The molecule has 0 saturated heterocycles. The third-order valence-corrected chi connectivity index (χ3v) is 4.05. The predicted molar refractivity (Wildman–Crippen MR) is 73.1 cm³/mol. The van der Waals surface area contributed by atoms with E-state index in [1.54, 1.807) is 0 Å². The van der Waals surface area contributed by atoms with Crippen molar-refractivity contribution in [1.82, 2.24) is 0 Å². The van der Waals surface area contributed by atoms with Gasteiger partial charge in [-0.25, -0.2) is 0 Å². The number of halogens is 1.